The Morgan fingerprint density at radius 2 is 2.14 bits per heavy atom. The number of halogens is 2. The zero-order chi connectivity index (χ0) is 14.8. The van der Waals surface area contributed by atoms with E-state index in [9.17, 15) is 4.79 Å². The second-order valence-electron chi connectivity index (χ2n) is 5.51. The molecule has 7 heteroatoms. The first-order valence-electron chi connectivity index (χ1n) is 7.23. The Labute approximate surface area is 141 Å². The number of carbonyl (C=O) groups excluding carboxylic acids is 1. The number of nitrogens with zero attached hydrogens (tertiary/aromatic N) is 1. The van der Waals surface area contributed by atoms with E-state index in [2.05, 4.69) is 0 Å². The fraction of sp³-hybridized carbons (Fsp3) is 0.533. The Bertz CT molecular complexity index is 554. The van der Waals surface area contributed by atoms with Crippen LogP contribution in [0.1, 0.15) is 12.0 Å². The molecule has 22 heavy (non-hydrogen) atoms. The maximum atomic E-state index is 12.3. The molecule has 122 valence electrons. The number of amides is 1. The molecule has 1 unspecified atom stereocenters. The van der Waals surface area contributed by atoms with Gasteiger partial charge in [0.05, 0.1) is 11.4 Å². The average molecular weight is 347 g/mol. The summed E-state index contributed by atoms with van der Waals surface area (Å²) >= 11 is 6.19. The van der Waals surface area contributed by atoms with Crippen LogP contribution >= 0.6 is 24.0 Å². The van der Waals surface area contributed by atoms with Crippen LogP contribution in [0, 0.1) is 5.92 Å². The lowest BCUT2D eigenvalue weighted by Gasteiger charge is -2.21. The van der Waals surface area contributed by atoms with Crippen LogP contribution in [0.2, 0.25) is 5.02 Å². The van der Waals surface area contributed by atoms with E-state index >= 15 is 0 Å². The first-order valence-corrected chi connectivity index (χ1v) is 7.61. The highest BCUT2D eigenvalue weighted by atomic mass is 35.5. The summed E-state index contributed by atoms with van der Waals surface area (Å²) in [6.07, 6.45) is 1.32. The summed E-state index contributed by atoms with van der Waals surface area (Å²) in [5, 5.41) is 0.497. The third kappa shape index (κ3) is 3.59. The number of hydrogen-bond acceptors (Lipinski definition) is 4. The number of fused-ring (bicyclic) bond motifs is 1. The van der Waals surface area contributed by atoms with Gasteiger partial charge in [-0.3, -0.25) is 4.79 Å². The number of benzene rings is 1. The molecular formula is C15H20Cl2N2O3. The summed E-state index contributed by atoms with van der Waals surface area (Å²) in [5.41, 5.74) is 6.51. The van der Waals surface area contributed by atoms with E-state index in [4.69, 9.17) is 26.8 Å². The summed E-state index contributed by atoms with van der Waals surface area (Å²) in [6, 6.07) is 3.62. The summed E-state index contributed by atoms with van der Waals surface area (Å²) in [6.45, 7) is 3.19. The number of nitrogens with two attached hydrogens (primary N) is 1. The molecule has 1 fully saturated rings. The average Bonchev–Trinajstić information content (AvgIpc) is 2.96. The molecule has 5 nitrogen and oxygen atoms in total. The van der Waals surface area contributed by atoms with Gasteiger partial charge in [0.2, 0.25) is 5.91 Å². The van der Waals surface area contributed by atoms with Crippen LogP contribution in [0.25, 0.3) is 0 Å². The molecule has 0 radical (unpaired) electrons. The summed E-state index contributed by atoms with van der Waals surface area (Å²) in [7, 11) is 0. The minimum absolute atomic E-state index is 0. The Morgan fingerprint density at radius 1 is 1.36 bits per heavy atom. The van der Waals surface area contributed by atoms with Gasteiger partial charge in [-0.2, -0.15) is 0 Å². The first-order chi connectivity index (χ1) is 10.2. The van der Waals surface area contributed by atoms with Crippen LogP contribution in [0.3, 0.4) is 0 Å². The van der Waals surface area contributed by atoms with Crippen molar-refractivity contribution < 1.29 is 14.3 Å². The number of rotatable bonds is 3. The SMILES string of the molecule is Cl.NCC1CCN(C(=O)Cc2cc(Cl)c3c(c2)OCCO3)C1. The van der Waals surface area contributed by atoms with Crippen LogP contribution in [-0.4, -0.2) is 43.7 Å². The van der Waals surface area contributed by atoms with Crippen LogP contribution in [-0.2, 0) is 11.2 Å². The molecule has 3 rings (SSSR count). The van der Waals surface area contributed by atoms with Crippen molar-refractivity contribution in [1.82, 2.24) is 4.90 Å². The summed E-state index contributed by atoms with van der Waals surface area (Å²) in [5.74, 6) is 1.73. The number of hydrogen-bond donors (Lipinski definition) is 1. The molecule has 2 aliphatic heterocycles. The number of carbonyl (C=O) groups is 1. The second-order valence-corrected chi connectivity index (χ2v) is 5.92. The van der Waals surface area contributed by atoms with Crippen molar-refractivity contribution in [3.63, 3.8) is 0 Å². The maximum Gasteiger partial charge on any atom is 0.227 e. The predicted molar refractivity (Wildman–Crippen MR) is 87.1 cm³/mol. The fourth-order valence-electron chi connectivity index (χ4n) is 2.80. The smallest absolute Gasteiger partial charge is 0.227 e. The fourth-order valence-corrected chi connectivity index (χ4v) is 3.09. The molecule has 0 aliphatic carbocycles. The molecule has 0 aromatic heterocycles. The van der Waals surface area contributed by atoms with Crippen LogP contribution in [0.5, 0.6) is 11.5 Å². The first kappa shape index (κ1) is 17.2. The van der Waals surface area contributed by atoms with Crippen molar-refractivity contribution in [2.24, 2.45) is 11.7 Å². The summed E-state index contributed by atoms with van der Waals surface area (Å²) < 4.78 is 11.0. The molecule has 1 saturated heterocycles. The van der Waals surface area contributed by atoms with Crippen molar-refractivity contribution in [3.8, 4) is 11.5 Å². The monoisotopic (exact) mass is 346 g/mol. The van der Waals surface area contributed by atoms with Gasteiger partial charge in [-0.05, 0) is 36.6 Å². The number of ether oxygens (including phenoxy) is 2. The topological polar surface area (TPSA) is 64.8 Å². The van der Waals surface area contributed by atoms with Crippen LogP contribution in [0.4, 0.5) is 0 Å². The van der Waals surface area contributed by atoms with E-state index in [1.165, 1.54) is 0 Å². The molecule has 2 aliphatic rings. The van der Waals surface area contributed by atoms with Gasteiger partial charge in [-0.15, -0.1) is 12.4 Å². The largest absolute Gasteiger partial charge is 0.486 e. The molecule has 0 bridgehead atoms. The Kier molecular flexibility index (Phi) is 5.78. The van der Waals surface area contributed by atoms with Gasteiger partial charge in [-0.25, -0.2) is 0 Å². The van der Waals surface area contributed by atoms with E-state index in [1.54, 1.807) is 6.07 Å². The van der Waals surface area contributed by atoms with Gasteiger partial charge >= 0.3 is 0 Å². The normalized spacial score (nSPS) is 19.7. The van der Waals surface area contributed by atoms with Crippen molar-refractivity contribution in [2.45, 2.75) is 12.8 Å². The standard InChI is InChI=1S/C15H19ClN2O3.ClH/c16-12-5-11(6-13-15(12)21-4-3-20-13)7-14(19)18-2-1-10(8-17)9-18;/h5-6,10H,1-4,7-9,17H2;1H. The quantitative estimate of drug-likeness (QED) is 0.907. The van der Waals surface area contributed by atoms with Crippen molar-refractivity contribution >= 4 is 29.9 Å². The molecule has 0 saturated carbocycles. The Balaban J connectivity index is 0.00000176. The van der Waals surface area contributed by atoms with Gasteiger partial charge in [-0.1, -0.05) is 11.6 Å². The molecule has 1 aromatic rings. The minimum Gasteiger partial charge on any atom is -0.486 e. The third-order valence-electron chi connectivity index (χ3n) is 3.98. The zero-order valence-corrected chi connectivity index (χ0v) is 13.8. The minimum atomic E-state index is 0. The van der Waals surface area contributed by atoms with E-state index in [0.717, 1.165) is 25.1 Å². The molecule has 2 N–H and O–H groups in total. The predicted octanol–water partition coefficient (Wildman–Crippen LogP) is 1.88. The van der Waals surface area contributed by atoms with Gasteiger partial charge in [0, 0.05) is 13.1 Å². The van der Waals surface area contributed by atoms with Crippen molar-refractivity contribution in [3.05, 3.63) is 22.7 Å². The molecule has 0 spiro atoms. The molecule has 1 atom stereocenters. The second kappa shape index (κ2) is 7.40. The lowest BCUT2D eigenvalue weighted by molar-refractivity contribution is -0.129. The van der Waals surface area contributed by atoms with Crippen LogP contribution < -0.4 is 15.2 Å². The third-order valence-corrected chi connectivity index (χ3v) is 4.26. The van der Waals surface area contributed by atoms with Gasteiger partial charge in [0.1, 0.15) is 13.2 Å². The maximum absolute atomic E-state index is 12.3. The highest BCUT2D eigenvalue weighted by Crippen LogP contribution is 2.38. The molecule has 2 heterocycles. The highest BCUT2D eigenvalue weighted by Gasteiger charge is 2.26. The van der Waals surface area contributed by atoms with E-state index in [-0.39, 0.29) is 18.3 Å². The van der Waals surface area contributed by atoms with Gasteiger partial charge < -0.3 is 20.1 Å². The molecule has 1 aromatic carbocycles. The van der Waals surface area contributed by atoms with Crippen LogP contribution in [0.15, 0.2) is 12.1 Å². The lowest BCUT2D eigenvalue weighted by Crippen LogP contribution is -2.31. The van der Waals surface area contributed by atoms with Gasteiger partial charge in [0.15, 0.2) is 11.5 Å². The van der Waals surface area contributed by atoms with Crippen molar-refractivity contribution in [1.29, 1.82) is 0 Å². The lowest BCUT2D eigenvalue weighted by atomic mass is 10.1. The van der Waals surface area contributed by atoms with Gasteiger partial charge in [0.25, 0.3) is 0 Å². The van der Waals surface area contributed by atoms with E-state index in [0.29, 0.717) is 48.6 Å². The number of likely N-dealkylation sites (tertiary alicyclic amines) is 1. The molecule has 1 amide bonds. The molecular weight excluding hydrogens is 327 g/mol. The summed E-state index contributed by atoms with van der Waals surface area (Å²) in [4.78, 5) is 14.2. The zero-order valence-electron chi connectivity index (χ0n) is 12.2. The van der Waals surface area contributed by atoms with Crippen molar-refractivity contribution in [2.75, 3.05) is 32.8 Å². The van der Waals surface area contributed by atoms with E-state index < -0.39 is 0 Å². The Morgan fingerprint density at radius 3 is 2.86 bits per heavy atom. The Hall–Kier alpha value is -1.17. The van der Waals surface area contributed by atoms with E-state index in [1.807, 2.05) is 11.0 Å². The highest BCUT2D eigenvalue weighted by molar-refractivity contribution is 6.32.